The minimum Gasteiger partial charge on any atom is -0.382 e. The Morgan fingerprint density at radius 2 is 2.15 bits per heavy atom. The molecule has 1 heterocycles. The number of nitrogens with two attached hydrogens (primary N) is 1. The number of nitrogens with one attached hydrogen (secondary N) is 1. The zero-order chi connectivity index (χ0) is 14.4. The van der Waals surface area contributed by atoms with E-state index in [0.717, 1.165) is 6.42 Å². The number of carbonyl (C=O) groups is 1. The van der Waals surface area contributed by atoms with Crippen LogP contribution >= 0.6 is 0 Å². The smallest absolute Gasteiger partial charge is 0.273 e. The molecule has 1 aliphatic carbocycles. The van der Waals surface area contributed by atoms with Crippen LogP contribution in [0.3, 0.4) is 0 Å². The molecule has 1 amide bonds. The molecule has 2 unspecified atom stereocenters. The third-order valence-electron chi connectivity index (χ3n) is 3.69. The van der Waals surface area contributed by atoms with Gasteiger partial charge >= 0.3 is 0 Å². The van der Waals surface area contributed by atoms with Gasteiger partial charge in [-0.2, -0.15) is 0 Å². The van der Waals surface area contributed by atoms with Gasteiger partial charge in [-0.15, -0.1) is 0 Å². The predicted molar refractivity (Wildman–Crippen MR) is 76.1 cm³/mol. The van der Waals surface area contributed by atoms with Gasteiger partial charge in [-0.25, -0.2) is 9.97 Å². The highest BCUT2D eigenvalue weighted by Crippen LogP contribution is 2.25. The largest absolute Gasteiger partial charge is 0.382 e. The van der Waals surface area contributed by atoms with Gasteiger partial charge in [0.2, 0.25) is 0 Å². The first-order valence-corrected chi connectivity index (χ1v) is 7.14. The minimum atomic E-state index is -0.309. The lowest BCUT2D eigenvalue weighted by molar-refractivity contribution is -0.00295. The van der Waals surface area contributed by atoms with Gasteiger partial charge in [0.15, 0.2) is 11.5 Å². The number of rotatable bonds is 5. The molecule has 1 aromatic heterocycles. The molecular weight excluding hydrogens is 256 g/mol. The fraction of sp³-hybridized carbons (Fsp3) is 0.643. The third-order valence-corrected chi connectivity index (χ3v) is 3.69. The molecule has 20 heavy (non-hydrogen) atoms. The number of nitrogens with zero attached hydrogens (tertiary/aromatic N) is 2. The first kappa shape index (κ1) is 14.7. The van der Waals surface area contributed by atoms with Crippen molar-refractivity contribution in [2.45, 2.75) is 38.7 Å². The second-order valence-corrected chi connectivity index (χ2v) is 5.22. The Morgan fingerprint density at radius 3 is 2.90 bits per heavy atom. The summed E-state index contributed by atoms with van der Waals surface area (Å²) >= 11 is 0. The van der Waals surface area contributed by atoms with E-state index >= 15 is 0 Å². The average molecular weight is 278 g/mol. The van der Waals surface area contributed by atoms with Crippen molar-refractivity contribution in [3.8, 4) is 0 Å². The van der Waals surface area contributed by atoms with Crippen LogP contribution in [0.2, 0.25) is 0 Å². The van der Waals surface area contributed by atoms with E-state index in [2.05, 4.69) is 22.2 Å². The van der Waals surface area contributed by atoms with E-state index in [-0.39, 0.29) is 17.4 Å². The Hall–Kier alpha value is -1.69. The van der Waals surface area contributed by atoms with Gasteiger partial charge < -0.3 is 15.8 Å². The van der Waals surface area contributed by atoms with Crippen LogP contribution < -0.4 is 11.1 Å². The Morgan fingerprint density at radius 1 is 1.40 bits per heavy atom. The van der Waals surface area contributed by atoms with Crippen molar-refractivity contribution in [2.75, 3.05) is 18.9 Å². The first-order chi connectivity index (χ1) is 9.68. The van der Waals surface area contributed by atoms with Gasteiger partial charge in [-0.3, -0.25) is 4.79 Å². The lowest BCUT2D eigenvalue weighted by Crippen LogP contribution is -2.32. The Bertz CT molecular complexity index is 453. The maximum atomic E-state index is 11.8. The SMILES string of the molecule is CC1CCCCC1OCCNC(=O)c1nccnc1N. The van der Waals surface area contributed by atoms with E-state index in [4.69, 9.17) is 10.5 Å². The van der Waals surface area contributed by atoms with Crippen LogP contribution in [0, 0.1) is 5.92 Å². The van der Waals surface area contributed by atoms with Crippen LogP contribution in [0.4, 0.5) is 5.82 Å². The number of carbonyl (C=O) groups excluding carboxylic acids is 1. The minimum absolute atomic E-state index is 0.145. The molecule has 2 rings (SSSR count). The van der Waals surface area contributed by atoms with E-state index in [1.165, 1.54) is 31.7 Å². The summed E-state index contributed by atoms with van der Waals surface area (Å²) in [5.41, 5.74) is 5.76. The first-order valence-electron chi connectivity index (χ1n) is 7.14. The van der Waals surface area contributed by atoms with Crippen molar-refractivity contribution < 1.29 is 9.53 Å². The molecule has 0 bridgehead atoms. The van der Waals surface area contributed by atoms with Crippen LogP contribution in [0.15, 0.2) is 12.4 Å². The predicted octanol–water partition coefficient (Wildman–Crippen LogP) is 1.38. The van der Waals surface area contributed by atoms with Crippen molar-refractivity contribution in [1.82, 2.24) is 15.3 Å². The molecule has 110 valence electrons. The zero-order valence-electron chi connectivity index (χ0n) is 11.8. The summed E-state index contributed by atoms with van der Waals surface area (Å²) in [6.07, 6.45) is 8.11. The number of nitrogen functional groups attached to an aromatic ring is 1. The number of aromatic nitrogens is 2. The number of anilines is 1. The second-order valence-electron chi connectivity index (χ2n) is 5.22. The Kier molecular flexibility index (Phi) is 5.29. The molecule has 1 aromatic rings. The molecular formula is C14H22N4O2. The van der Waals surface area contributed by atoms with Crippen molar-refractivity contribution >= 4 is 11.7 Å². The van der Waals surface area contributed by atoms with E-state index < -0.39 is 0 Å². The summed E-state index contributed by atoms with van der Waals surface area (Å²) in [6.45, 7) is 3.20. The quantitative estimate of drug-likeness (QED) is 0.794. The van der Waals surface area contributed by atoms with Gasteiger partial charge in [0.1, 0.15) is 0 Å². The van der Waals surface area contributed by atoms with Crippen LogP contribution in [0.1, 0.15) is 43.1 Å². The monoisotopic (exact) mass is 278 g/mol. The normalized spacial score (nSPS) is 22.4. The van der Waals surface area contributed by atoms with Gasteiger partial charge in [0, 0.05) is 18.9 Å². The molecule has 3 N–H and O–H groups in total. The molecule has 1 fully saturated rings. The van der Waals surface area contributed by atoms with Gasteiger partial charge in [0.05, 0.1) is 12.7 Å². The fourth-order valence-electron chi connectivity index (χ4n) is 2.51. The van der Waals surface area contributed by atoms with E-state index in [0.29, 0.717) is 25.2 Å². The van der Waals surface area contributed by atoms with Gasteiger partial charge in [-0.1, -0.05) is 19.8 Å². The van der Waals surface area contributed by atoms with Crippen LogP contribution in [-0.4, -0.2) is 35.1 Å². The lowest BCUT2D eigenvalue weighted by Gasteiger charge is -2.28. The third kappa shape index (κ3) is 3.90. The van der Waals surface area contributed by atoms with Crippen molar-refractivity contribution in [3.05, 3.63) is 18.1 Å². The average Bonchev–Trinajstić information content (AvgIpc) is 2.45. The highest BCUT2D eigenvalue weighted by Gasteiger charge is 2.21. The van der Waals surface area contributed by atoms with E-state index in [1.54, 1.807) is 0 Å². The number of ether oxygens (including phenoxy) is 1. The van der Waals surface area contributed by atoms with Crippen LogP contribution in [0.5, 0.6) is 0 Å². The molecule has 6 heteroatoms. The molecule has 0 saturated heterocycles. The maximum absolute atomic E-state index is 11.8. The Labute approximate surface area is 119 Å². The molecule has 1 aliphatic rings. The fourth-order valence-corrected chi connectivity index (χ4v) is 2.51. The summed E-state index contributed by atoms with van der Waals surface area (Å²) in [5.74, 6) is 0.442. The summed E-state index contributed by atoms with van der Waals surface area (Å²) in [6, 6.07) is 0. The molecule has 0 aliphatic heterocycles. The zero-order valence-corrected chi connectivity index (χ0v) is 11.8. The number of hydrogen-bond donors (Lipinski definition) is 2. The number of hydrogen-bond acceptors (Lipinski definition) is 5. The summed E-state index contributed by atoms with van der Waals surface area (Å²) < 4.78 is 5.83. The highest BCUT2D eigenvalue weighted by molar-refractivity contribution is 5.96. The molecule has 2 atom stereocenters. The van der Waals surface area contributed by atoms with E-state index in [1.807, 2.05) is 0 Å². The summed E-state index contributed by atoms with van der Waals surface area (Å²) in [7, 11) is 0. The van der Waals surface area contributed by atoms with Crippen LogP contribution in [-0.2, 0) is 4.74 Å². The molecule has 0 spiro atoms. The van der Waals surface area contributed by atoms with Gasteiger partial charge in [-0.05, 0) is 18.8 Å². The van der Waals surface area contributed by atoms with Crippen molar-refractivity contribution in [2.24, 2.45) is 5.92 Å². The molecule has 1 saturated carbocycles. The Balaban J connectivity index is 1.71. The highest BCUT2D eigenvalue weighted by atomic mass is 16.5. The summed E-state index contributed by atoms with van der Waals surface area (Å²) in [4.78, 5) is 19.6. The maximum Gasteiger partial charge on any atom is 0.273 e. The lowest BCUT2D eigenvalue weighted by atomic mass is 9.88. The van der Waals surface area contributed by atoms with Crippen molar-refractivity contribution in [3.63, 3.8) is 0 Å². The molecule has 0 radical (unpaired) electrons. The topological polar surface area (TPSA) is 90.1 Å². The van der Waals surface area contributed by atoms with Crippen LogP contribution in [0.25, 0.3) is 0 Å². The van der Waals surface area contributed by atoms with E-state index in [9.17, 15) is 4.79 Å². The second kappa shape index (κ2) is 7.19. The van der Waals surface area contributed by atoms with Gasteiger partial charge in [0.25, 0.3) is 5.91 Å². The standard InChI is InChI=1S/C14H22N4O2/c1-10-4-2-3-5-11(10)20-9-8-18-14(19)12-13(15)17-7-6-16-12/h6-7,10-11H,2-5,8-9H2,1H3,(H2,15,17)(H,18,19). The molecule has 6 nitrogen and oxygen atoms in total. The summed E-state index contributed by atoms with van der Waals surface area (Å²) in [5, 5.41) is 2.75. The van der Waals surface area contributed by atoms with Crippen molar-refractivity contribution in [1.29, 1.82) is 0 Å². The molecule has 0 aromatic carbocycles. The number of amides is 1.